The van der Waals surface area contributed by atoms with E-state index in [2.05, 4.69) is 13.8 Å². The fraction of sp³-hybridized carbons (Fsp3) is 0.923. The van der Waals surface area contributed by atoms with Gasteiger partial charge in [0.1, 0.15) is 5.60 Å². The largest absolute Gasteiger partial charge is 0.444 e. The highest BCUT2D eigenvalue weighted by molar-refractivity contribution is 5.68. The molecule has 1 heterocycles. The Morgan fingerprint density at radius 3 is 2.47 bits per heavy atom. The Morgan fingerprint density at radius 1 is 1.41 bits per heavy atom. The van der Waals surface area contributed by atoms with Gasteiger partial charge in [0.15, 0.2) is 0 Å². The second-order valence-corrected chi connectivity index (χ2v) is 6.27. The second kappa shape index (κ2) is 5.25. The minimum Gasteiger partial charge on any atom is -0.444 e. The van der Waals surface area contributed by atoms with E-state index in [0.29, 0.717) is 12.5 Å². The minimum absolute atomic E-state index is 0.202. The molecule has 0 aromatic heterocycles. The van der Waals surface area contributed by atoms with Crippen LogP contribution >= 0.6 is 0 Å². The third-order valence-electron chi connectivity index (χ3n) is 3.08. The first-order valence-electron chi connectivity index (χ1n) is 6.46. The van der Waals surface area contributed by atoms with Gasteiger partial charge in [0.05, 0.1) is 0 Å². The number of carbonyl (C=O) groups is 1. The van der Waals surface area contributed by atoms with Crippen molar-refractivity contribution >= 4 is 6.09 Å². The standard InChI is InChI=1S/C13H26N2O2/c1-9(2)11-8-10(14)6-7-15(11)12(16)17-13(3,4)5/h9-11H,6-8,14H2,1-5H3/t10-,11-/m0/s1. The normalized spacial score (nSPS) is 26.2. The molecule has 2 N–H and O–H groups in total. The van der Waals surface area contributed by atoms with Gasteiger partial charge in [0.25, 0.3) is 0 Å². The smallest absolute Gasteiger partial charge is 0.410 e. The fourth-order valence-electron chi connectivity index (χ4n) is 2.21. The van der Waals surface area contributed by atoms with Crippen molar-refractivity contribution in [2.45, 2.75) is 65.1 Å². The van der Waals surface area contributed by atoms with Crippen molar-refractivity contribution in [3.8, 4) is 0 Å². The van der Waals surface area contributed by atoms with Crippen LogP contribution in [-0.4, -0.2) is 35.2 Å². The molecule has 0 unspecified atom stereocenters. The van der Waals surface area contributed by atoms with Gasteiger partial charge >= 0.3 is 6.09 Å². The number of hydrogen-bond acceptors (Lipinski definition) is 3. The molecule has 0 aliphatic carbocycles. The molecule has 4 nitrogen and oxygen atoms in total. The van der Waals surface area contributed by atoms with Crippen LogP contribution in [0.1, 0.15) is 47.5 Å². The first kappa shape index (κ1) is 14.3. The molecule has 1 aliphatic heterocycles. The van der Waals surface area contributed by atoms with Gasteiger partial charge in [0, 0.05) is 18.6 Å². The van der Waals surface area contributed by atoms with E-state index in [-0.39, 0.29) is 18.2 Å². The van der Waals surface area contributed by atoms with Crippen molar-refractivity contribution < 1.29 is 9.53 Å². The number of nitrogens with zero attached hydrogens (tertiary/aromatic N) is 1. The molecular weight excluding hydrogens is 216 g/mol. The van der Waals surface area contributed by atoms with Crippen LogP contribution in [0.3, 0.4) is 0 Å². The summed E-state index contributed by atoms with van der Waals surface area (Å²) in [6.45, 7) is 10.6. The summed E-state index contributed by atoms with van der Waals surface area (Å²) in [7, 11) is 0. The first-order valence-corrected chi connectivity index (χ1v) is 6.46. The molecule has 1 fully saturated rings. The second-order valence-electron chi connectivity index (χ2n) is 6.27. The molecule has 0 aromatic carbocycles. The van der Waals surface area contributed by atoms with Gasteiger partial charge in [-0.05, 0) is 39.5 Å². The van der Waals surface area contributed by atoms with E-state index in [4.69, 9.17) is 10.5 Å². The van der Waals surface area contributed by atoms with Gasteiger partial charge in [-0.1, -0.05) is 13.8 Å². The van der Waals surface area contributed by atoms with Crippen molar-refractivity contribution in [3.05, 3.63) is 0 Å². The van der Waals surface area contributed by atoms with Gasteiger partial charge in [0.2, 0.25) is 0 Å². The lowest BCUT2D eigenvalue weighted by atomic mass is 9.90. The summed E-state index contributed by atoms with van der Waals surface area (Å²) < 4.78 is 5.44. The Morgan fingerprint density at radius 2 is 2.00 bits per heavy atom. The molecule has 0 radical (unpaired) electrons. The number of likely N-dealkylation sites (tertiary alicyclic amines) is 1. The van der Waals surface area contributed by atoms with E-state index in [1.807, 2.05) is 25.7 Å². The lowest BCUT2D eigenvalue weighted by Gasteiger charge is -2.41. The van der Waals surface area contributed by atoms with Crippen molar-refractivity contribution in [2.75, 3.05) is 6.54 Å². The minimum atomic E-state index is -0.432. The predicted octanol–water partition coefficient (Wildman–Crippen LogP) is 2.37. The SMILES string of the molecule is CC(C)[C@@H]1C[C@@H](N)CCN1C(=O)OC(C)(C)C. The van der Waals surface area contributed by atoms with Crippen LogP contribution in [0.15, 0.2) is 0 Å². The van der Waals surface area contributed by atoms with Crippen LogP contribution in [-0.2, 0) is 4.74 Å². The van der Waals surface area contributed by atoms with Gasteiger partial charge in [-0.2, -0.15) is 0 Å². The van der Waals surface area contributed by atoms with Gasteiger partial charge in [-0.25, -0.2) is 4.79 Å². The summed E-state index contributed by atoms with van der Waals surface area (Å²) in [4.78, 5) is 13.9. The van der Waals surface area contributed by atoms with E-state index in [1.54, 1.807) is 0 Å². The molecule has 0 aromatic rings. The van der Waals surface area contributed by atoms with Crippen LogP contribution < -0.4 is 5.73 Å². The molecule has 17 heavy (non-hydrogen) atoms. The van der Waals surface area contributed by atoms with Crippen molar-refractivity contribution in [3.63, 3.8) is 0 Å². The molecule has 1 saturated heterocycles. The zero-order valence-electron chi connectivity index (χ0n) is 11.7. The quantitative estimate of drug-likeness (QED) is 0.768. The highest BCUT2D eigenvalue weighted by Gasteiger charge is 2.34. The van der Waals surface area contributed by atoms with Crippen molar-refractivity contribution in [2.24, 2.45) is 11.7 Å². The number of carbonyl (C=O) groups excluding carboxylic acids is 1. The Kier molecular flexibility index (Phi) is 4.42. The zero-order chi connectivity index (χ0) is 13.2. The highest BCUT2D eigenvalue weighted by atomic mass is 16.6. The number of hydrogen-bond donors (Lipinski definition) is 1. The summed E-state index contributed by atoms with van der Waals surface area (Å²) in [5, 5.41) is 0. The van der Waals surface area contributed by atoms with E-state index in [0.717, 1.165) is 12.8 Å². The monoisotopic (exact) mass is 242 g/mol. The summed E-state index contributed by atoms with van der Waals surface area (Å²) in [5.74, 6) is 0.411. The van der Waals surface area contributed by atoms with E-state index in [9.17, 15) is 4.79 Å². The Labute approximate surface area is 104 Å². The predicted molar refractivity (Wildman–Crippen MR) is 68.8 cm³/mol. The topological polar surface area (TPSA) is 55.6 Å². The molecule has 2 atom stereocenters. The van der Waals surface area contributed by atoms with Gasteiger partial charge in [-0.15, -0.1) is 0 Å². The number of amides is 1. The maximum atomic E-state index is 12.1. The van der Waals surface area contributed by atoms with Crippen LogP contribution in [0.2, 0.25) is 0 Å². The number of piperidine rings is 1. The average molecular weight is 242 g/mol. The molecule has 4 heteroatoms. The van der Waals surface area contributed by atoms with Gasteiger partial charge in [-0.3, -0.25) is 0 Å². The first-order chi connectivity index (χ1) is 7.70. The lowest BCUT2D eigenvalue weighted by Crippen LogP contribution is -2.53. The maximum Gasteiger partial charge on any atom is 0.410 e. The third kappa shape index (κ3) is 4.19. The van der Waals surface area contributed by atoms with Crippen molar-refractivity contribution in [1.29, 1.82) is 0 Å². The van der Waals surface area contributed by atoms with E-state index < -0.39 is 5.60 Å². The lowest BCUT2D eigenvalue weighted by molar-refractivity contribution is 0.00195. The summed E-state index contributed by atoms with van der Waals surface area (Å²) in [5.41, 5.74) is 5.54. The maximum absolute atomic E-state index is 12.1. The molecule has 1 aliphatic rings. The summed E-state index contributed by atoms with van der Waals surface area (Å²) in [6, 6.07) is 0.412. The number of nitrogens with two attached hydrogens (primary N) is 1. The van der Waals surface area contributed by atoms with E-state index in [1.165, 1.54) is 0 Å². The van der Waals surface area contributed by atoms with Crippen LogP contribution in [0.25, 0.3) is 0 Å². The molecule has 0 bridgehead atoms. The van der Waals surface area contributed by atoms with Crippen LogP contribution in [0.4, 0.5) is 4.79 Å². The molecule has 1 amide bonds. The molecule has 100 valence electrons. The Balaban J connectivity index is 2.70. The summed E-state index contributed by atoms with van der Waals surface area (Å²) in [6.07, 6.45) is 1.53. The third-order valence-corrected chi connectivity index (χ3v) is 3.08. The number of rotatable bonds is 1. The molecule has 1 rings (SSSR count). The van der Waals surface area contributed by atoms with Crippen LogP contribution in [0, 0.1) is 5.92 Å². The highest BCUT2D eigenvalue weighted by Crippen LogP contribution is 2.24. The average Bonchev–Trinajstić information content (AvgIpc) is 2.14. The van der Waals surface area contributed by atoms with Crippen molar-refractivity contribution in [1.82, 2.24) is 4.90 Å². The van der Waals surface area contributed by atoms with E-state index >= 15 is 0 Å². The Hall–Kier alpha value is -0.770. The molecule has 0 spiro atoms. The number of ether oxygens (including phenoxy) is 1. The van der Waals surface area contributed by atoms with Crippen LogP contribution in [0.5, 0.6) is 0 Å². The zero-order valence-corrected chi connectivity index (χ0v) is 11.7. The summed E-state index contributed by atoms with van der Waals surface area (Å²) >= 11 is 0. The Bertz CT molecular complexity index is 271. The molecular formula is C13H26N2O2. The molecule has 0 saturated carbocycles. The fourth-order valence-corrected chi connectivity index (χ4v) is 2.21. The van der Waals surface area contributed by atoms with Gasteiger partial charge < -0.3 is 15.4 Å².